The Bertz CT molecular complexity index is 922. The second kappa shape index (κ2) is 9.12. The number of hydrogen-bond donors (Lipinski definition) is 2. The van der Waals surface area contributed by atoms with Crippen molar-refractivity contribution in [1.82, 2.24) is 10.3 Å². The fourth-order valence-corrected chi connectivity index (χ4v) is 2.75. The largest absolute Gasteiger partial charge is 0.465 e. The molecular formula is C21H25N3O4. The van der Waals surface area contributed by atoms with Gasteiger partial charge >= 0.3 is 5.97 Å². The Labute approximate surface area is 164 Å². The van der Waals surface area contributed by atoms with Gasteiger partial charge in [0.1, 0.15) is 5.69 Å². The summed E-state index contributed by atoms with van der Waals surface area (Å²) in [5, 5.41) is 5.50. The number of pyridine rings is 1. The van der Waals surface area contributed by atoms with Gasteiger partial charge in [0, 0.05) is 12.2 Å². The second-order valence-electron chi connectivity index (χ2n) is 6.50. The normalized spacial score (nSPS) is 10.3. The molecule has 0 aliphatic heterocycles. The van der Waals surface area contributed by atoms with E-state index >= 15 is 0 Å². The van der Waals surface area contributed by atoms with Crippen LogP contribution in [0.5, 0.6) is 0 Å². The lowest BCUT2D eigenvalue weighted by Gasteiger charge is -2.16. The van der Waals surface area contributed by atoms with Crippen LogP contribution in [0.1, 0.15) is 61.4 Å². The summed E-state index contributed by atoms with van der Waals surface area (Å²) < 4.78 is 4.86. The lowest BCUT2D eigenvalue weighted by molar-refractivity contribution is 0.0601. The summed E-state index contributed by atoms with van der Waals surface area (Å²) in [7, 11) is 1.29. The number of carbonyl (C=O) groups is 3. The van der Waals surface area contributed by atoms with Crippen LogP contribution in [0.2, 0.25) is 0 Å². The summed E-state index contributed by atoms with van der Waals surface area (Å²) in [6.45, 7) is 7.71. The maximum atomic E-state index is 13.0. The standard InChI is InChI=1S/C21H25N3O4/c1-6-11-22-20(26)18-15(10-9-14(4)23-18)19(25)24-17-13(3)8-7-12(2)16(17)21(27)28-5/h7-10H,6,11H2,1-5H3,(H,22,26)(H,24,25). The number of anilines is 1. The van der Waals surface area contributed by atoms with Crippen LogP contribution >= 0.6 is 0 Å². The SMILES string of the molecule is CCCNC(=O)c1nc(C)ccc1C(=O)Nc1c(C)ccc(C)c1C(=O)OC. The number of methoxy groups -OCH3 is 1. The van der Waals surface area contributed by atoms with Gasteiger partial charge in [-0.05, 0) is 50.5 Å². The van der Waals surface area contributed by atoms with Crippen molar-refractivity contribution >= 4 is 23.5 Å². The summed E-state index contributed by atoms with van der Waals surface area (Å²) in [5.74, 6) is -1.47. The lowest BCUT2D eigenvalue weighted by Crippen LogP contribution is -2.29. The van der Waals surface area contributed by atoms with E-state index < -0.39 is 17.8 Å². The van der Waals surface area contributed by atoms with Gasteiger partial charge in [-0.25, -0.2) is 9.78 Å². The maximum absolute atomic E-state index is 13.0. The summed E-state index contributed by atoms with van der Waals surface area (Å²) in [6, 6.07) is 6.81. The van der Waals surface area contributed by atoms with Crippen LogP contribution in [0.3, 0.4) is 0 Å². The maximum Gasteiger partial charge on any atom is 0.340 e. The number of benzene rings is 1. The van der Waals surface area contributed by atoms with Gasteiger partial charge in [-0.1, -0.05) is 19.1 Å². The van der Waals surface area contributed by atoms with Crippen LogP contribution in [0.25, 0.3) is 0 Å². The van der Waals surface area contributed by atoms with Gasteiger partial charge in [-0.2, -0.15) is 0 Å². The quantitative estimate of drug-likeness (QED) is 0.747. The molecule has 28 heavy (non-hydrogen) atoms. The highest BCUT2D eigenvalue weighted by atomic mass is 16.5. The van der Waals surface area contributed by atoms with Crippen LogP contribution < -0.4 is 10.6 Å². The zero-order chi connectivity index (χ0) is 20.8. The minimum Gasteiger partial charge on any atom is -0.465 e. The Morgan fingerprint density at radius 2 is 1.68 bits per heavy atom. The monoisotopic (exact) mass is 383 g/mol. The Hall–Kier alpha value is -3.22. The van der Waals surface area contributed by atoms with Gasteiger partial charge in [0.25, 0.3) is 11.8 Å². The molecular weight excluding hydrogens is 358 g/mol. The minimum absolute atomic E-state index is 0.0517. The first-order valence-corrected chi connectivity index (χ1v) is 9.05. The van der Waals surface area contributed by atoms with Gasteiger partial charge in [-0.3, -0.25) is 9.59 Å². The van der Waals surface area contributed by atoms with Crippen molar-refractivity contribution in [3.8, 4) is 0 Å². The van der Waals surface area contributed by atoms with Crippen LogP contribution in [-0.4, -0.2) is 36.4 Å². The fraction of sp³-hybridized carbons (Fsp3) is 0.333. The number of nitrogens with zero attached hydrogens (tertiary/aromatic N) is 1. The van der Waals surface area contributed by atoms with Crippen molar-refractivity contribution in [3.05, 3.63) is 57.9 Å². The molecule has 0 saturated carbocycles. The van der Waals surface area contributed by atoms with E-state index in [4.69, 9.17) is 4.74 Å². The van der Waals surface area contributed by atoms with Crippen molar-refractivity contribution in [2.45, 2.75) is 34.1 Å². The van der Waals surface area contributed by atoms with Crippen molar-refractivity contribution in [3.63, 3.8) is 0 Å². The fourth-order valence-electron chi connectivity index (χ4n) is 2.75. The molecule has 0 atom stereocenters. The molecule has 2 N–H and O–H groups in total. The smallest absolute Gasteiger partial charge is 0.340 e. The van der Waals surface area contributed by atoms with E-state index in [-0.39, 0.29) is 16.8 Å². The molecule has 1 aromatic carbocycles. The van der Waals surface area contributed by atoms with E-state index in [1.165, 1.54) is 7.11 Å². The van der Waals surface area contributed by atoms with Gasteiger partial charge < -0.3 is 15.4 Å². The molecule has 148 valence electrons. The average Bonchev–Trinajstić information content (AvgIpc) is 2.68. The molecule has 7 nitrogen and oxygen atoms in total. The van der Waals surface area contributed by atoms with Crippen LogP contribution in [0, 0.1) is 20.8 Å². The topological polar surface area (TPSA) is 97.4 Å². The number of nitrogens with one attached hydrogen (secondary N) is 2. The number of aromatic nitrogens is 1. The summed E-state index contributed by atoms with van der Waals surface area (Å²) in [4.78, 5) is 41.9. The molecule has 2 aromatic rings. The molecule has 0 aliphatic rings. The van der Waals surface area contributed by atoms with Gasteiger partial charge in [0.15, 0.2) is 0 Å². The van der Waals surface area contributed by atoms with E-state index in [2.05, 4.69) is 15.6 Å². The molecule has 1 heterocycles. The van der Waals surface area contributed by atoms with Crippen LogP contribution in [0.15, 0.2) is 24.3 Å². The third kappa shape index (κ3) is 4.54. The molecule has 0 unspecified atom stereocenters. The first kappa shape index (κ1) is 21.1. The third-order valence-electron chi connectivity index (χ3n) is 4.28. The Balaban J connectivity index is 2.46. The third-order valence-corrected chi connectivity index (χ3v) is 4.28. The van der Waals surface area contributed by atoms with E-state index in [1.54, 1.807) is 45.0 Å². The Morgan fingerprint density at radius 3 is 2.32 bits per heavy atom. The molecule has 2 rings (SSSR count). The number of rotatable bonds is 6. The summed E-state index contributed by atoms with van der Waals surface area (Å²) in [6.07, 6.45) is 0.768. The number of carbonyl (C=O) groups excluding carboxylic acids is 3. The van der Waals surface area contributed by atoms with Gasteiger partial charge in [0.05, 0.1) is 23.9 Å². The highest BCUT2D eigenvalue weighted by Gasteiger charge is 2.23. The van der Waals surface area contributed by atoms with E-state index in [0.29, 0.717) is 29.1 Å². The van der Waals surface area contributed by atoms with Gasteiger partial charge in [-0.15, -0.1) is 0 Å². The zero-order valence-electron chi connectivity index (χ0n) is 16.8. The van der Waals surface area contributed by atoms with E-state index in [1.807, 2.05) is 6.92 Å². The van der Waals surface area contributed by atoms with Gasteiger partial charge in [0.2, 0.25) is 0 Å². The molecule has 2 amide bonds. The number of ether oxygens (including phenoxy) is 1. The van der Waals surface area contributed by atoms with Crippen molar-refractivity contribution in [2.24, 2.45) is 0 Å². The van der Waals surface area contributed by atoms with Crippen LogP contribution in [0.4, 0.5) is 5.69 Å². The number of aryl methyl sites for hydroxylation is 3. The van der Waals surface area contributed by atoms with Crippen molar-refractivity contribution in [1.29, 1.82) is 0 Å². The first-order chi connectivity index (χ1) is 13.3. The summed E-state index contributed by atoms with van der Waals surface area (Å²) >= 11 is 0. The van der Waals surface area contributed by atoms with Crippen molar-refractivity contribution in [2.75, 3.05) is 19.0 Å². The molecule has 0 fully saturated rings. The lowest BCUT2D eigenvalue weighted by atomic mass is 10.0. The number of esters is 1. The van der Waals surface area contributed by atoms with E-state index in [9.17, 15) is 14.4 Å². The Kier molecular flexibility index (Phi) is 6.87. The molecule has 0 spiro atoms. The molecule has 7 heteroatoms. The average molecular weight is 383 g/mol. The van der Waals surface area contributed by atoms with E-state index in [0.717, 1.165) is 6.42 Å². The summed E-state index contributed by atoms with van der Waals surface area (Å²) in [5.41, 5.74) is 2.84. The predicted octanol–water partition coefficient (Wildman–Crippen LogP) is 3.19. The minimum atomic E-state index is -0.542. The molecule has 0 aliphatic carbocycles. The van der Waals surface area contributed by atoms with Crippen LogP contribution in [-0.2, 0) is 4.74 Å². The van der Waals surface area contributed by atoms with Crippen molar-refractivity contribution < 1.29 is 19.1 Å². The molecule has 0 bridgehead atoms. The predicted molar refractivity (Wildman–Crippen MR) is 107 cm³/mol. The highest BCUT2D eigenvalue weighted by molar-refractivity contribution is 6.13. The zero-order valence-corrected chi connectivity index (χ0v) is 16.8. The molecule has 0 saturated heterocycles. The first-order valence-electron chi connectivity index (χ1n) is 9.05. The second-order valence-corrected chi connectivity index (χ2v) is 6.50. The highest BCUT2D eigenvalue weighted by Crippen LogP contribution is 2.26. The number of amides is 2. The molecule has 1 aromatic heterocycles. The number of hydrogen-bond acceptors (Lipinski definition) is 5. The Morgan fingerprint density at radius 1 is 1.00 bits per heavy atom. The molecule has 0 radical (unpaired) electrons.